The highest BCUT2D eigenvalue weighted by molar-refractivity contribution is 6.02. The molecular formula is C29H35NO5. The van der Waals surface area contributed by atoms with Crippen LogP contribution < -0.4 is 14.2 Å². The van der Waals surface area contributed by atoms with Gasteiger partial charge in [-0.1, -0.05) is 6.92 Å². The molecule has 1 aliphatic rings. The molecule has 0 aliphatic carbocycles. The molecule has 186 valence electrons. The number of fused-ring (bicyclic) bond motifs is 1. The molecule has 0 radical (unpaired) electrons. The lowest BCUT2D eigenvalue weighted by Gasteiger charge is -2.30. The molecule has 6 heteroatoms. The van der Waals surface area contributed by atoms with E-state index in [1.807, 2.05) is 43.9 Å². The molecule has 2 aromatic carbocycles. The Bertz CT molecular complexity index is 1260. The maximum atomic E-state index is 13.1. The number of piperidine rings is 1. The monoisotopic (exact) mass is 477 g/mol. The van der Waals surface area contributed by atoms with Crippen molar-refractivity contribution < 1.29 is 23.4 Å². The van der Waals surface area contributed by atoms with Crippen molar-refractivity contribution in [2.75, 3.05) is 33.9 Å². The van der Waals surface area contributed by atoms with E-state index in [-0.39, 0.29) is 5.91 Å². The highest BCUT2D eigenvalue weighted by atomic mass is 16.5. The van der Waals surface area contributed by atoms with Crippen molar-refractivity contribution in [1.82, 2.24) is 4.90 Å². The second kappa shape index (κ2) is 10.5. The molecule has 35 heavy (non-hydrogen) atoms. The molecule has 1 aliphatic heterocycles. The highest BCUT2D eigenvalue weighted by Crippen LogP contribution is 2.43. The minimum absolute atomic E-state index is 0.0520. The third kappa shape index (κ3) is 4.88. The molecule has 1 fully saturated rings. The molecule has 1 amide bonds. The Morgan fingerprint density at radius 1 is 1.20 bits per heavy atom. The molecule has 1 unspecified atom stereocenters. The quantitative estimate of drug-likeness (QED) is 0.364. The van der Waals surface area contributed by atoms with Gasteiger partial charge in [0.05, 0.1) is 27.1 Å². The second-order valence-corrected chi connectivity index (χ2v) is 9.26. The van der Waals surface area contributed by atoms with Gasteiger partial charge in [0.25, 0.3) is 0 Å². The van der Waals surface area contributed by atoms with Crippen molar-refractivity contribution in [2.24, 2.45) is 5.92 Å². The van der Waals surface area contributed by atoms with Gasteiger partial charge < -0.3 is 23.5 Å². The maximum Gasteiger partial charge on any atom is 0.246 e. The molecule has 1 atom stereocenters. The van der Waals surface area contributed by atoms with E-state index < -0.39 is 0 Å². The fourth-order valence-corrected chi connectivity index (χ4v) is 4.92. The van der Waals surface area contributed by atoms with Crippen LogP contribution in [0, 0.1) is 12.8 Å². The Kier molecular flexibility index (Phi) is 7.39. The highest BCUT2D eigenvalue weighted by Gasteiger charge is 2.23. The van der Waals surface area contributed by atoms with Crippen molar-refractivity contribution in [3.05, 3.63) is 47.7 Å². The van der Waals surface area contributed by atoms with Crippen molar-refractivity contribution in [1.29, 1.82) is 0 Å². The second-order valence-electron chi connectivity index (χ2n) is 9.26. The third-order valence-electron chi connectivity index (χ3n) is 6.76. The Balaban J connectivity index is 1.85. The number of allylic oxidation sites excluding steroid dienone is 1. The molecule has 1 saturated heterocycles. The van der Waals surface area contributed by atoms with Gasteiger partial charge in [-0.3, -0.25) is 4.79 Å². The van der Waals surface area contributed by atoms with E-state index in [0.29, 0.717) is 12.5 Å². The van der Waals surface area contributed by atoms with Crippen LogP contribution in [0.3, 0.4) is 0 Å². The van der Waals surface area contributed by atoms with Crippen LogP contribution in [0.2, 0.25) is 0 Å². The van der Waals surface area contributed by atoms with Gasteiger partial charge in [0.15, 0.2) is 0 Å². The summed E-state index contributed by atoms with van der Waals surface area (Å²) in [4.78, 5) is 15.0. The van der Waals surface area contributed by atoms with Gasteiger partial charge in [0, 0.05) is 46.8 Å². The van der Waals surface area contributed by atoms with Gasteiger partial charge in [-0.25, -0.2) is 0 Å². The molecule has 2 heterocycles. The minimum Gasteiger partial charge on any atom is -0.497 e. The topological polar surface area (TPSA) is 61.1 Å². The first-order valence-electron chi connectivity index (χ1n) is 12.2. The number of aryl methyl sites for hydroxylation is 1. The van der Waals surface area contributed by atoms with Crippen molar-refractivity contribution in [2.45, 2.75) is 40.5 Å². The summed E-state index contributed by atoms with van der Waals surface area (Å²) in [5, 5.41) is 0.930. The number of likely N-dealkylation sites (tertiary alicyclic amines) is 1. The number of amides is 1. The van der Waals surface area contributed by atoms with Crippen LogP contribution in [0.15, 0.2) is 41.0 Å². The Labute approximate surface area is 207 Å². The van der Waals surface area contributed by atoms with Gasteiger partial charge in [-0.15, -0.1) is 0 Å². The number of hydrogen-bond donors (Lipinski definition) is 0. The summed E-state index contributed by atoms with van der Waals surface area (Å²) in [6.07, 6.45) is 5.71. The Hall–Kier alpha value is -3.41. The number of carbonyl (C=O) groups excluding carboxylic acids is 1. The van der Waals surface area contributed by atoms with E-state index in [0.717, 1.165) is 75.6 Å². The number of ether oxygens (including phenoxy) is 3. The average molecular weight is 478 g/mol. The third-order valence-corrected chi connectivity index (χ3v) is 6.76. The maximum absolute atomic E-state index is 13.1. The number of methoxy groups -OCH3 is 2. The first-order valence-corrected chi connectivity index (χ1v) is 12.2. The van der Waals surface area contributed by atoms with Gasteiger partial charge in [0.1, 0.15) is 22.8 Å². The van der Waals surface area contributed by atoms with Crippen LogP contribution in [0.4, 0.5) is 0 Å². The summed E-state index contributed by atoms with van der Waals surface area (Å²) in [5.41, 5.74) is 5.18. The van der Waals surface area contributed by atoms with Crippen molar-refractivity contribution in [3.8, 4) is 28.4 Å². The van der Waals surface area contributed by atoms with E-state index >= 15 is 0 Å². The first kappa shape index (κ1) is 24.7. The van der Waals surface area contributed by atoms with Crippen LogP contribution in [-0.4, -0.2) is 44.7 Å². The Morgan fingerprint density at radius 2 is 2.00 bits per heavy atom. The van der Waals surface area contributed by atoms with Crippen molar-refractivity contribution >= 4 is 22.4 Å². The Morgan fingerprint density at radius 3 is 2.69 bits per heavy atom. The molecule has 0 spiro atoms. The molecule has 3 aromatic rings. The average Bonchev–Trinajstić information content (AvgIpc) is 3.29. The molecular weight excluding hydrogens is 442 g/mol. The predicted octanol–water partition coefficient (Wildman–Crippen LogP) is 6.49. The largest absolute Gasteiger partial charge is 0.497 e. The minimum atomic E-state index is 0.0520. The fraction of sp³-hybridized carbons (Fsp3) is 0.414. The smallest absolute Gasteiger partial charge is 0.246 e. The standard InChI is InChI=1S/C29H35NO5/c1-7-34-28-20(4)29-24(25(17-35-29)23-14-21(32-5)10-11-26(23)33-6)15-22(28)19(3)13-27(31)30-12-8-9-18(2)16-30/h10-11,13-15,17-18H,7-9,12,16H2,1-6H3/b19-13+. The number of hydrogen-bond acceptors (Lipinski definition) is 5. The fourth-order valence-electron chi connectivity index (χ4n) is 4.92. The lowest BCUT2D eigenvalue weighted by atomic mass is 9.95. The van der Waals surface area contributed by atoms with E-state index in [4.69, 9.17) is 18.6 Å². The number of nitrogens with zero attached hydrogens (tertiary/aromatic N) is 1. The van der Waals surface area contributed by atoms with Crippen LogP contribution >= 0.6 is 0 Å². The molecule has 1 aromatic heterocycles. The number of rotatable bonds is 7. The summed E-state index contributed by atoms with van der Waals surface area (Å²) in [7, 11) is 3.29. The number of benzene rings is 2. The summed E-state index contributed by atoms with van der Waals surface area (Å²) in [5.74, 6) is 2.78. The van der Waals surface area contributed by atoms with Crippen LogP contribution in [0.5, 0.6) is 17.2 Å². The zero-order valence-electron chi connectivity index (χ0n) is 21.6. The normalized spacial score (nSPS) is 16.5. The molecule has 0 bridgehead atoms. The van der Waals surface area contributed by atoms with E-state index in [1.165, 1.54) is 6.42 Å². The van der Waals surface area contributed by atoms with E-state index in [9.17, 15) is 4.79 Å². The van der Waals surface area contributed by atoms with Gasteiger partial charge in [-0.2, -0.15) is 0 Å². The summed E-state index contributed by atoms with van der Waals surface area (Å²) < 4.78 is 23.2. The summed E-state index contributed by atoms with van der Waals surface area (Å²) in [6, 6.07) is 7.76. The van der Waals surface area contributed by atoms with E-state index in [1.54, 1.807) is 26.6 Å². The zero-order valence-corrected chi connectivity index (χ0v) is 21.6. The number of furan rings is 1. The van der Waals surface area contributed by atoms with Crippen LogP contribution in [0.1, 0.15) is 44.7 Å². The lowest BCUT2D eigenvalue weighted by molar-refractivity contribution is -0.127. The predicted molar refractivity (Wildman–Crippen MR) is 139 cm³/mol. The molecule has 0 saturated carbocycles. The van der Waals surface area contributed by atoms with Crippen LogP contribution in [-0.2, 0) is 4.79 Å². The van der Waals surface area contributed by atoms with E-state index in [2.05, 4.69) is 13.0 Å². The van der Waals surface area contributed by atoms with Gasteiger partial charge >= 0.3 is 0 Å². The zero-order chi connectivity index (χ0) is 25.1. The summed E-state index contributed by atoms with van der Waals surface area (Å²) in [6.45, 7) is 10.3. The SMILES string of the molecule is CCOc1c(/C(C)=C/C(=O)N2CCCC(C)C2)cc2c(-c3cc(OC)ccc3OC)coc2c1C. The first-order chi connectivity index (χ1) is 16.9. The molecule has 6 nitrogen and oxygen atoms in total. The lowest BCUT2D eigenvalue weighted by Crippen LogP contribution is -2.38. The molecule has 4 rings (SSSR count). The summed E-state index contributed by atoms with van der Waals surface area (Å²) >= 11 is 0. The number of carbonyl (C=O) groups is 1. The van der Waals surface area contributed by atoms with Crippen LogP contribution in [0.25, 0.3) is 27.7 Å². The van der Waals surface area contributed by atoms with Crippen molar-refractivity contribution in [3.63, 3.8) is 0 Å². The van der Waals surface area contributed by atoms with Gasteiger partial charge in [0.2, 0.25) is 5.91 Å². The van der Waals surface area contributed by atoms with Gasteiger partial charge in [-0.05, 0) is 69.4 Å². The molecule has 0 N–H and O–H groups in total.